The summed E-state index contributed by atoms with van der Waals surface area (Å²) in [5, 5.41) is 8.44. The molecule has 3 heterocycles. The topological polar surface area (TPSA) is 75.4 Å². The van der Waals surface area contributed by atoms with E-state index in [1.54, 1.807) is 11.8 Å². The molecule has 1 unspecified atom stereocenters. The van der Waals surface area contributed by atoms with Gasteiger partial charge in [0, 0.05) is 5.69 Å². The van der Waals surface area contributed by atoms with Crippen molar-refractivity contribution in [3.63, 3.8) is 0 Å². The third-order valence-corrected chi connectivity index (χ3v) is 6.52. The van der Waals surface area contributed by atoms with E-state index >= 15 is 0 Å². The first-order valence-electron chi connectivity index (χ1n) is 7.95. The maximum Gasteiger partial charge on any atom is 0.262 e. The Morgan fingerprint density at radius 3 is 2.81 bits per heavy atom. The van der Waals surface area contributed by atoms with Gasteiger partial charge in [-0.3, -0.25) is 14.5 Å². The second-order valence-electron chi connectivity index (χ2n) is 5.86. The average Bonchev–Trinajstić information content (AvgIpc) is 3.14. The van der Waals surface area contributed by atoms with Crippen molar-refractivity contribution in [1.29, 1.82) is 0 Å². The van der Waals surface area contributed by atoms with Gasteiger partial charge >= 0.3 is 0 Å². The lowest BCUT2D eigenvalue weighted by Crippen LogP contribution is -2.23. The molecule has 6 nitrogen and oxygen atoms in total. The SMILES string of the molecule is CC1=C(C)C2C(=O)N=C(SCc3n[nH]c(=S)n3-c3ccccc3)N=C2S1. The Labute approximate surface area is 163 Å². The molecule has 0 bridgehead atoms. The first kappa shape index (κ1) is 17.4. The number of aromatic nitrogens is 3. The number of hydrogen-bond donors (Lipinski definition) is 1. The van der Waals surface area contributed by atoms with E-state index in [4.69, 9.17) is 12.2 Å². The molecule has 9 heteroatoms. The molecule has 26 heavy (non-hydrogen) atoms. The Hall–Kier alpha value is -1.97. The molecule has 0 aliphatic carbocycles. The number of carbonyl (C=O) groups is 1. The van der Waals surface area contributed by atoms with Crippen molar-refractivity contribution in [2.75, 3.05) is 0 Å². The molecular formula is C17H15N5OS3. The Morgan fingerprint density at radius 1 is 1.27 bits per heavy atom. The smallest absolute Gasteiger partial charge is 0.262 e. The summed E-state index contributed by atoms with van der Waals surface area (Å²) in [7, 11) is 0. The van der Waals surface area contributed by atoms with Crippen LogP contribution in [0.5, 0.6) is 0 Å². The van der Waals surface area contributed by atoms with Crippen LogP contribution in [0.1, 0.15) is 19.7 Å². The van der Waals surface area contributed by atoms with Gasteiger partial charge in [-0.05, 0) is 48.7 Å². The van der Waals surface area contributed by atoms with Gasteiger partial charge in [-0.1, -0.05) is 41.7 Å². The van der Waals surface area contributed by atoms with E-state index in [1.807, 2.05) is 48.7 Å². The summed E-state index contributed by atoms with van der Waals surface area (Å²) in [6.45, 7) is 3.98. The molecule has 1 aromatic heterocycles. The number of thioether (sulfide) groups is 2. The second kappa shape index (κ2) is 6.98. The molecule has 0 saturated heterocycles. The minimum atomic E-state index is -0.289. The molecule has 2 aliphatic heterocycles. The number of rotatable bonds is 3. The van der Waals surface area contributed by atoms with E-state index in [-0.39, 0.29) is 11.8 Å². The highest BCUT2D eigenvalue weighted by molar-refractivity contribution is 8.18. The molecule has 1 N–H and O–H groups in total. The predicted molar refractivity (Wildman–Crippen MR) is 109 cm³/mol. The Balaban J connectivity index is 1.55. The molecule has 0 fully saturated rings. The summed E-state index contributed by atoms with van der Waals surface area (Å²) < 4.78 is 2.41. The van der Waals surface area contributed by atoms with Crippen molar-refractivity contribution in [3.05, 3.63) is 51.4 Å². The van der Waals surface area contributed by atoms with Gasteiger partial charge in [-0.2, -0.15) is 10.1 Å². The molecule has 0 radical (unpaired) electrons. The number of nitrogens with zero attached hydrogens (tertiary/aromatic N) is 4. The number of aromatic amines is 1. The van der Waals surface area contributed by atoms with E-state index < -0.39 is 0 Å². The fourth-order valence-electron chi connectivity index (χ4n) is 2.80. The summed E-state index contributed by atoms with van der Waals surface area (Å²) in [4.78, 5) is 22.2. The number of para-hydroxylation sites is 1. The standard InChI is InChI=1S/C17H15N5OS3/c1-9-10(2)26-15-13(9)14(23)18-16(19-15)25-8-12-20-21-17(24)22(12)11-6-4-3-5-7-11/h3-7,13H,8H2,1-2H3,(H,21,24). The largest absolute Gasteiger partial charge is 0.271 e. The fraction of sp³-hybridized carbons (Fsp3) is 0.235. The molecular weight excluding hydrogens is 386 g/mol. The van der Waals surface area contributed by atoms with Crippen molar-refractivity contribution >= 4 is 51.9 Å². The van der Waals surface area contributed by atoms with Gasteiger partial charge in [0.15, 0.2) is 9.94 Å². The first-order chi connectivity index (χ1) is 12.5. The van der Waals surface area contributed by atoms with E-state index in [0.29, 0.717) is 15.7 Å². The predicted octanol–water partition coefficient (Wildman–Crippen LogP) is 4.11. The maximum absolute atomic E-state index is 12.4. The highest BCUT2D eigenvalue weighted by atomic mass is 32.2. The third-order valence-electron chi connectivity index (χ3n) is 4.24. The minimum absolute atomic E-state index is 0.138. The van der Waals surface area contributed by atoms with Gasteiger partial charge in [-0.15, -0.1) is 0 Å². The number of allylic oxidation sites excluding steroid dienone is 1. The van der Waals surface area contributed by atoms with Gasteiger partial charge in [0.05, 0.1) is 10.8 Å². The lowest BCUT2D eigenvalue weighted by atomic mass is 10.0. The van der Waals surface area contributed by atoms with E-state index in [2.05, 4.69) is 20.2 Å². The Kier molecular flexibility index (Phi) is 4.68. The molecule has 0 spiro atoms. The van der Waals surface area contributed by atoms with Gasteiger partial charge in [0.1, 0.15) is 11.7 Å². The fourth-order valence-corrected chi connectivity index (χ4v) is 5.01. The minimum Gasteiger partial charge on any atom is -0.271 e. The summed E-state index contributed by atoms with van der Waals surface area (Å²) in [5.74, 6) is 0.837. The number of fused-ring (bicyclic) bond motifs is 1. The Bertz CT molecular complexity index is 1030. The number of carbonyl (C=O) groups excluding carboxylic acids is 1. The zero-order valence-corrected chi connectivity index (χ0v) is 16.5. The quantitative estimate of drug-likeness (QED) is 0.783. The number of nitrogens with one attached hydrogen (secondary N) is 1. The summed E-state index contributed by atoms with van der Waals surface area (Å²) in [6, 6.07) is 9.79. The molecule has 1 aromatic carbocycles. The van der Waals surface area contributed by atoms with Crippen LogP contribution in [0.25, 0.3) is 5.69 Å². The molecule has 2 aliphatic rings. The number of amidine groups is 1. The second-order valence-corrected chi connectivity index (χ2v) is 8.43. The van der Waals surface area contributed by atoms with Crippen LogP contribution in [0.2, 0.25) is 0 Å². The number of benzene rings is 1. The average molecular weight is 402 g/mol. The molecule has 0 saturated carbocycles. The van der Waals surface area contributed by atoms with Gasteiger partial charge in [0.2, 0.25) is 0 Å². The van der Waals surface area contributed by atoms with E-state index in [9.17, 15) is 4.79 Å². The summed E-state index contributed by atoms with van der Waals surface area (Å²) in [6.07, 6.45) is 0. The van der Waals surface area contributed by atoms with Crippen LogP contribution in [0.4, 0.5) is 0 Å². The van der Waals surface area contributed by atoms with Crippen molar-refractivity contribution in [3.8, 4) is 5.69 Å². The van der Waals surface area contributed by atoms with Crippen LogP contribution in [0.15, 0.2) is 50.8 Å². The lowest BCUT2D eigenvalue weighted by Gasteiger charge is -2.14. The van der Waals surface area contributed by atoms with Gasteiger partial charge in [0.25, 0.3) is 5.91 Å². The van der Waals surface area contributed by atoms with E-state index in [1.165, 1.54) is 11.8 Å². The highest BCUT2D eigenvalue weighted by Gasteiger charge is 2.36. The number of aliphatic imine (C=N–C) groups is 2. The van der Waals surface area contributed by atoms with Crippen LogP contribution in [0, 0.1) is 10.7 Å². The van der Waals surface area contributed by atoms with Gasteiger partial charge < -0.3 is 0 Å². The molecule has 1 amide bonds. The normalized spacial score (nSPS) is 19.5. The number of amides is 1. The van der Waals surface area contributed by atoms with Crippen molar-refractivity contribution in [2.24, 2.45) is 15.9 Å². The van der Waals surface area contributed by atoms with E-state index in [0.717, 1.165) is 27.0 Å². The van der Waals surface area contributed by atoms with Crippen LogP contribution in [-0.4, -0.2) is 30.9 Å². The van der Waals surface area contributed by atoms with Crippen LogP contribution in [0.3, 0.4) is 0 Å². The van der Waals surface area contributed by atoms with Crippen molar-refractivity contribution in [2.45, 2.75) is 19.6 Å². The van der Waals surface area contributed by atoms with Crippen LogP contribution < -0.4 is 0 Å². The Morgan fingerprint density at radius 2 is 2.04 bits per heavy atom. The first-order valence-corrected chi connectivity index (χ1v) is 10.2. The number of hydrogen-bond acceptors (Lipinski definition) is 6. The number of H-pyrrole nitrogens is 1. The lowest BCUT2D eigenvalue weighted by molar-refractivity contribution is -0.118. The zero-order chi connectivity index (χ0) is 18.3. The highest BCUT2D eigenvalue weighted by Crippen LogP contribution is 2.40. The van der Waals surface area contributed by atoms with Gasteiger partial charge in [-0.25, -0.2) is 4.99 Å². The molecule has 132 valence electrons. The molecule has 2 aromatic rings. The summed E-state index contributed by atoms with van der Waals surface area (Å²) >= 11 is 8.30. The van der Waals surface area contributed by atoms with Crippen LogP contribution >= 0.6 is 35.7 Å². The van der Waals surface area contributed by atoms with Crippen molar-refractivity contribution < 1.29 is 4.79 Å². The molecule has 1 atom stereocenters. The molecule has 4 rings (SSSR count). The van der Waals surface area contributed by atoms with Crippen LogP contribution in [-0.2, 0) is 10.5 Å². The summed E-state index contributed by atoms with van der Waals surface area (Å²) in [5.41, 5.74) is 1.99. The maximum atomic E-state index is 12.4. The van der Waals surface area contributed by atoms with Crippen molar-refractivity contribution in [1.82, 2.24) is 14.8 Å². The monoisotopic (exact) mass is 401 g/mol. The zero-order valence-electron chi connectivity index (χ0n) is 14.1. The third kappa shape index (κ3) is 3.10.